The predicted octanol–water partition coefficient (Wildman–Crippen LogP) is 4.95. The van der Waals surface area contributed by atoms with E-state index in [2.05, 4.69) is 34.1 Å². The Morgan fingerprint density at radius 2 is 1.79 bits per heavy atom. The van der Waals surface area contributed by atoms with Crippen molar-refractivity contribution < 1.29 is 14.4 Å². The number of thioether (sulfide) groups is 1. The van der Waals surface area contributed by atoms with Gasteiger partial charge < -0.3 is 20.9 Å². The van der Waals surface area contributed by atoms with Gasteiger partial charge in [-0.05, 0) is 60.8 Å². The van der Waals surface area contributed by atoms with Crippen molar-refractivity contribution in [3.8, 4) is 0 Å². The quantitative estimate of drug-likeness (QED) is 0.392. The molecule has 2 aliphatic rings. The third-order valence-electron chi connectivity index (χ3n) is 7.80. The molecule has 0 saturated carbocycles. The van der Waals surface area contributed by atoms with Gasteiger partial charge in [0.2, 0.25) is 11.8 Å². The lowest BCUT2D eigenvalue weighted by Crippen LogP contribution is -2.50. The zero-order valence-corrected chi connectivity index (χ0v) is 23.4. The van der Waals surface area contributed by atoms with E-state index in [0.29, 0.717) is 24.4 Å². The summed E-state index contributed by atoms with van der Waals surface area (Å²) >= 11 is 1.51. The smallest absolute Gasteiger partial charge is 0.250 e. The van der Waals surface area contributed by atoms with Gasteiger partial charge in [-0.25, -0.2) is 0 Å². The fourth-order valence-corrected chi connectivity index (χ4v) is 6.38. The topological polar surface area (TPSA) is 90.5 Å². The predicted molar refractivity (Wildman–Crippen MR) is 158 cm³/mol. The summed E-state index contributed by atoms with van der Waals surface area (Å²) in [6, 6.07) is 19.3. The molecule has 0 unspecified atom stereocenters. The van der Waals surface area contributed by atoms with Crippen molar-refractivity contribution in [2.24, 2.45) is 11.8 Å². The van der Waals surface area contributed by atoms with Crippen LogP contribution in [0.3, 0.4) is 0 Å². The molecule has 39 heavy (non-hydrogen) atoms. The fourth-order valence-electron chi connectivity index (χ4n) is 5.22. The molecule has 2 heterocycles. The van der Waals surface area contributed by atoms with Crippen molar-refractivity contribution in [1.82, 2.24) is 10.6 Å². The second kappa shape index (κ2) is 12.2. The van der Waals surface area contributed by atoms with Crippen LogP contribution < -0.4 is 20.9 Å². The number of anilines is 2. The van der Waals surface area contributed by atoms with Gasteiger partial charge in [0.1, 0.15) is 6.04 Å². The van der Waals surface area contributed by atoms with Crippen molar-refractivity contribution in [2.75, 3.05) is 29.1 Å². The first-order valence-corrected chi connectivity index (χ1v) is 14.8. The van der Waals surface area contributed by atoms with E-state index in [1.54, 1.807) is 4.90 Å². The number of amides is 3. The van der Waals surface area contributed by atoms with Crippen molar-refractivity contribution in [3.63, 3.8) is 0 Å². The van der Waals surface area contributed by atoms with Crippen LogP contribution in [0.2, 0.25) is 0 Å². The number of nitrogens with zero attached hydrogens (tertiary/aromatic N) is 1. The van der Waals surface area contributed by atoms with Gasteiger partial charge in [0.15, 0.2) is 0 Å². The summed E-state index contributed by atoms with van der Waals surface area (Å²) < 4.78 is 0. The molecule has 0 radical (unpaired) electrons. The Hall–Kier alpha value is -3.36. The molecule has 3 amide bonds. The minimum absolute atomic E-state index is 0.0169. The maximum Gasteiger partial charge on any atom is 0.250 e. The SMILES string of the molecule is CC[C@@H](C)C(=O)N[C@H]1CSc2c(NC(=O)C3CCNCC3)cccc2N(Cc2cccc3ccccc23)C1=O. The molecule has 2 aliphatic heterocycles. The first kappa shape index (κ1) is 27.2. The van der Waals surface area contributed by atoms with E-state index >= 15 is 0 Å². The molecule has 0 aromatic heterocycles. The number of carbonyl (C=O) groups is 3. The molecule has 7 nitrogen and oxygen atoms in total. The van der Waals surface area contributed by atoms with E-state index in [9.17, 15) is 14.4 Å². The lowest BCUT2D eigenvalue weighted by atomic mass is 9.97. The third-order valence-corrected chi connectivity index (χ3v) is 9.01. The summed E-state index contributed by atoms with van der Waals surface area (Å²) in [4.78, 5) is 42.7. The average Bonchev–Trinajstić information content (AvgIpc) is 3.10. The van der Waals surface area contributed by atoms with Crippen molar-refractivity contribution in [1.29, 1.82) is 0 Å². The van der Waals surface area contributed by atoms with Gasteiger partial charge in [-0.1, -0.05) is 62.4 Å². The highest BCUT2D eigenvalue weighted by Crippen LogP contribution is 2.41. The van der Waals surface area contributed by atoms with Crippen LogP contribution in [0.1, 0.15) is 38.7 Å². The highest BCUT2D eigenvalue weighted by Gasteiger charge is 2.34. The zero-order chi connectivity index (χ0) is 27.4. The number of carbonyl (C=O) groups excluding carboxylic acids is 3. The molecule has 5 rings (SSSR count). The highest BCUT2D eigenvalue weighted by atomic mass is 32.2. The Labute approximate surface area is 234 Å². The summed E-state index contributed by atoms with van der Waals surface area (Å²) in [7, 11) is 0. The highest BCUT2D eigenvalue weighted by molar-refractivity contribution is 7.99. The van der Waals surface area contributed by atoms with Crippen LogP contribution in [-0.2, 0) is 20.9 Å². The molecule has 2 atom stereocenters. The molecule has 0 bridgehead atoms. The molecule has 204 valence electrons. The van der Waals surface area contributed by atoms with Crippen LogP contribution >= 0.6 is 11.8 Å². The number of hydrogen-bond acceptors (Lipinski definition) is 5. The van der Waals surface area contributed by atoms with Crippen molar-refractivity contribution in [2.45, 2.75) is 50.6 Å². The Balaban J connectivity index is 1.51. The van der Waals surface area contributed by atoms with Gasteiger partial charge in [-0.2, -0.15) is 0 Å². The summed E-state index contributed by atoms with van der Waals surface area (Å²) in [5.74, 6) is -0.0723. The molecule has 0 aliphatic carbocycles. The van der Waals surface area contributed by atoms with Crippen molar-refractivity contribution in [3.05, 3.63) is 66.2 Å². The maximum absolute atomic E-state index is 14.1. The number of hydrogen-bond donors (Lipinski definition) is 3. The number of rotatable bonds is 7. The normalized spacial score (nSPS) is 18.8. The fraction of sp³-hybridized carbons (Fsp3) is 0.387. The molecule has 3 aromatic rings. The molecule has 3 aromatic carbocycles. The van der Waals surface area contributed by atoms with E-state index in [1.165, 1.54) is 11.8 Å². The first-order valence-electron chi connectivity index (χ1n) is 13.8. The minimum Gasteiger partial charge on any atom is -0.343 e. The van der Waals surface area contributed by atoms with Crippen LogP contribution in [0.25, 0.3) is 10.8 Å². The standard InChI is InChI=1S/C31H36N4O3S/c1-3-20(2)29(36)34-26-19-39-28-25(33-30(37)22-14-16-32-17-15-22)12-7-13-27(28)35(31(26)38)18-23-10-6-9-21-8-4-5-11-24(21)23/h4-13,20,22,26,32H,3,14-19H2,1-2H3,(H,33,37)(H,34,36)/t20-,26+/m1/s1. The van der Waals surface area contributed by atoms with Gasteiger partial charge in [0.25, 0.3) is 5.91 Å². The van der Waals surface area contributed by atoms with E-state index < -0.39 is 6.04 Å². The van der Waals surface area contributed by atoms with Gasteiger partial charge in [-0.15, -0.1) is 11.8 Å². The van der Waals surface area contributed by atoms with Crippen LogP contribution in [0.4, 0.5) is 11.4 Å². The number of nitrogens with one attached hydrogen (secondary N) is 3. The number of piperidine rings is 1. The second-order valence-electron chi connectivity index (χ2n) is 10.4. The molecule has 1 fully saturated rings. The van der Waals surface area contributed by atoms with Gasteiger partial charge in [0, 0.05) is 17.6 Å². The summed E-state index contributed by atoms with van der Waals surface area (Å²) in [5.41, 5.74) is 2.49. The molecule has 8 heteroatoms. The lowest BCUT2D eigenvalue weighted by Gasteiger charge is -2.28. The Morgan fingerprint density at radius 1 is 1.05 bits per heavy atom. The number of benzene rings is 3. The summed E-state index contributed by atoms with van der Waals surface area (Å²) in [5, 5.41) is 11.7. The Morgan fingerprint density at radius 3 is 2.59 bits per heavy atom. The molecule has 1 saturated heterocycles. The molecular formula is C31H36N4O3S. The van der Waals surface area contributed by atoms with Crippen molar-refractivity contribution >= 4 is 51.6 Å². The Kier molecular flexibility index (Phi) is 8.53. The molecule has 0 spiro atoms. The average molecular weight is 545 g/mol. The minimum atomic E-state index is -0.674. The van der Waals surface area contributed by atoms with E-state index in [-0.39, 0.29) is 29.6 Å². The molecular weight excluding hydrogens is 508 g/mol. The largest absolute Gasteiger partial charge is 0.343 e. The van der Waals surface area contributed by atoms with Crippen LogP contribution in [0.15, 0.2) is 65.6 Å². The lowest BCUT2D eigenvalue weighted by molar-refractivity contribution is -0.129. The van der Waals surface area contributed by atoms with Crippen LogP contribution in [0.5, 0.6) is 0 Å². The monoisotopic (exact) mass is 544 g/mol. The second-order valence-corrected chi connectivity index (χ2v) is 11.4. The summed E-state index contributed by atoms with van der Waals surface area (Å²) in [6.45, 7) is 5.87. The van der Waals surface area contributed by atoms with Crippen LogP contribution in [0, 0.1) is 11.8 Å². The van der Waals surface area contributed by atoms with Crippen LogP contribution in [-0.4, -0.2) is 42.6 Å². The Bertz CT molecular complexity index is 1370. The third kappa shape index (κ3) is 5.97. The molecule has 3 N–H and O–H groups in total. The summed E-state index contributed by atoms with van der Waals surface area (Å²) in [6.07, 6.45) is 2.32. The van der Waals surface area contributed by atoms with E-state index in [4.69, 9.17) is 0 Å². The van der Waals surface area contributed by atoms with E-state index in [0.717, 1.165) is 52.8 Å². The zero-order valence-electron chi connectivity index (χ0n) is 22.5. The van der Waals surface area contributed by atoms with E-state index in [1.807, 2.05) is 56.3 Å². The van der Waals surface area contributed by atoms with Gasteiger partial charge in [-0.3, -0.25) is 14.4 Å². The number of fused-ring (bicyclic) bond motifs is 2. The maximum atomic E-state index is 14.1. The van der Waals surface area contributed by atoms with Gasteiger partial charge in [0.05, 0.1) is 22.8 Å². The van der Waals surface area contributed by atoms with Gasteiger partial charge >= 0.3 is 0 Å². The first-order chi connectivity index (χ1) is 19.0.